The summed E-state index contributed by atoms with van der Waals surface area (Å²) in [7, 11) is 1.50. The van der Waals surface area contributed by atoms with E-state index in [1.165, 1.54) is 7.11 Å². The third kappa shape index (κ3) is 5.35. The number of hydrogen-bond donors (Lipinski definition) is 2. The summed E-state index contributed by atoms with van der Waals surface area (Å²) in [6.45, 7) is 7.67. The summed E-state index contributed by atoms with van der Waals surface area (Å²) in [4.78, 5) is 16.0. The Balaban J connectivity index is 2.22. The van der Waals surface area contributed by atoms with Crippen molar-refractivity contribution in [2.45, 2.75) is 26.4 Å². The fraction of sp³-hybridized carbons (Fsp3) is 0.500. The largest absolute Gasteiger partial charge is 0.481 e. The van der Waals surface area contributed by atoms with Crippen LogP contribution in [0.4, 0.5) is 10.5 Å². The Hall–Kier alpha value is -1.80. The van der Waals surface area contributed by atoms with Crippen LogP contribution < -0.4 is 11.5 Å². The number of rotatable bonds is 3. The molecule has 1 aliphatic heterocycles. The van der Waals surface area contributed by atoms with Gasteiger partial charge in [0.1, 0.15) is 11.3 Å². The quantitative estimate of drug-likeness (QED) is 0.529. The van der Waals surface area contributed by atoms with Gasteiger partial charge >= 0.3 is 6.09 Å². The zero-order valence-electron chi connectivity index (χ0n) is 16.0. The molecule has 1 saturated heterocycles. The molecule has 1 aromatic carbocycles. The molecule has 1 heterocycles. The van der Waals surface area contributed by atoms with Gasteiger partial charge in [-0.1, -0.05) is 11.6 Å². The predicted octanol–water partition coefficient (Wildman–Crippen LogP) is 3.47. The molecule has 0 bridgehead atoms. The monoisotopic (exact) mass is 460 g/mol. The van der Waals surface area contributed by atoms with Gasteiger partial charge in [0.15, 0.2) is 0 Å². The summed E-state index contributed by atoms with van der Waals surface area (Å²) in [5.41, 5.74) is 13.7. The summed E-state index contributed by atoms with van der Waals surface area (Å²) in [5.74, 6) is 0.241. The molecule has 4 N–H and O–H groups in total. The van der Waals surface area contributed by atoms with Crippen molar-refractivity contribution in [3.63, 3.8) is 0 Å². The summed E-state index contributed by atoms with van der Waals surface area (Å²) in [6.07, 6.45) is -0.321. The van der Waals surface area contributed by atoms with Gasteiger partial charge in [-0.05, 0) is 48.8 Å². The van der Waals surface area contributed by atoms with Crippen molar-refractivity contribution in [2.24, 2.45) is 5.73 Å². The molecule has 0 saturated carbocycles. The van der Waals surface area contributed by atoms with Crippen LogP contribution in [0.3, 0.4) is 0 Å². The lowest BCUT2D eigenvalue weighted by atomic mass is 10.1. The van der Waals surface area contributed by atoms with Gasteiger partial charge in [0.05, 0.1) is 12.1 Å². The molecule has 0 unspecified atom stereocenters. The first-order valence-corrected chi connectivity index (χ1v) is 9.72. The number of benzene rings is 1. The van der Waals surface area contributed by atoms with Gasteiger partial charge in [0.25, 0.3) is 0 Å². The molecular weight excluding hydrogens is 436 g/mol. The first-order valence-electron chi connectivity index (χ1n) is 8.55. The van der Waals surface area contributed by atoms with Crippen LogP contribution in [-0.2, 0) is 9.47 Å². The molecule has 2 rings (SSSR count). The van der Waals surface area contributed by atoms with Crippen molar-refractivity contribution in [1.29, 1.82) is 0 Å². The fourth-order valence-corrected chi connectivity index (χ4v) is 3.29. The predicted molar refractivity (Wildman–Crippen MR) is 111 cm³/mol. The van der Waals surface area contributed by atoms with Gasteiger partial charge in [-0.25, -0.2) is 4.79 Å². The second-order valence-electron chi connectivity index (χ2n) is 7.22. The lowest BCUT2D eigenvalue weighted by Gasteiger charge is -2.38. The Morgan fingerprint density at radius 3 is 2.26 bits per heavy atom. The van der Waals surface area contributed by atoms with E-state index in [1.54, 1.807) is 17.0 Å². The van der Waals surface area contributed by atoms with E-state index in [1.807, 2.05) is 25.7 Å². The maximum atomic E-state index is 12.3. The van der Waals surface area contributed by atoms with E-state index in [0.29, 0.717) is 52.6 Å². The number of carbonyl (C=O) groups excluding carboxylic acids is 1. The zero-order valence-corrected chi connectivity index (χ0v) is 18.4. The van der Waals surface area contributed by atoms with E-state index in [0.717, 1.165) is 0 Å². The van der Waals surface area contributed by atoms with Crippen molar-refractivity contribution >= 4 is 45.0 Å². The van der Waals surface area contributed by atoms with Crippen LogP contribution >= 0.6 is 27.5 Å². The minimum atomic E-state index is -0.525. The third-order valence-electron chi connectivity index (χ3n) is 4.05. The molecule has 1 fully saturated rings. The molecule has 0 spiro atoms. The second-order valence-corrected chi connectivity index (χ2v) is 8.49. The molecule has 9 heteroatoms. The van der Waals surface area contributed by atoms with Crippen molar-refractivity contribution < 1.29 is 14.3 Å². The normalized spacial score (nSPS) is 16.1. The van der Waals surface area contributed by atoms with Crippen LogP contribution in [0.5, 0.6) is 0 Å². The summed E-state index contributed by atoms with van der Waals surface area (Å²) in [6, 6.07) is 3.49. The first-order chi connectivity index (χ1) is 12.5. The number of piperazine rings is 1. The Labute approximate surface area is 173 Å². The minimum absolute atomic E-state index is 0.241. The third-order valence-corrected chi connectivity index (χ3v) is 5.25. The van der Waals surface area contributed by atoms with E-state index in [-0.39, 0.29) is 12.0 Å². The van der Waals surface area contributed by atoms with Gasteiger partial charge in [-0.2, -0.15) is 0 Å². The summed E-state index contributed by atoms with van der Waals surface area (Å²) >= 11 is 9.61. The van der Waals surface area contributed by atoms with Crippen molar-refractivity contribution in [3.05, 3.63) is 33.1 Å². The molecule has 1 aromatic rings. The van der Waals surface area contributed by atoms with Crippen LogP contribution in [0.2, 0.25) is 5.02 Å². The van der Waals surface area contributed by atoms with Crippen molar-refractivity contribution in [3.8, 4) is 0 Å². The fourth-order valence-electron chi connectivity index (χ4n) is 2.76. The number of halogens is 2. The number of methoxy groups -OCH3 is 1. The number of ether oxygens (including phenoxy) is 2. The van der Waals surface area contributed by atoms with Crippen LogP contribution in [0.1, 0.15) is 26.3 Å². The highest BCUT2D eigenvalue weighted by molar-refractivity contribution is 9.10. The lowest BCUT2D eigenvalue weighted by molar-refractivity contribution is 0.0181. The highest BCUT2D eigenvalue weighted by Gasteiger charge is 2.29. The second kappa shape index (κ2) is 8.48. The molecule has 0 aliphatic carbocycles. The van der Waals surface area contributed by atoms with Crippen LogP contribution in [0, 0.1) is 0 Å². The lowest BCUT2D eigenvalue weighted by Crippen LogP contribution is -2.49. The zero-order chi connectivity index (χ0) is 20.4. The number of carbonyl (C=O) groups is 1. The number of nitrogen functional groups attached to an aromatic ring is 1. The molecule has 1 aliphatic rings. The molecule has 0 radical (unpaired) electrons. The van der Waals surface area contributed by atoms with Crippen LogP contribution in [0.15, 0.2) is 22.5 Å². The van der Waals surface area contributed by atoms with E-state index in [4.69, 9.17) is 32.5 Å². The Morgan fingerprint density at radius 1 is 1.19 bits per heavy atom. The maximum Gasteiger partial charge on any atom is 0.410 e. The molecule has 150 valence electrons. The Kier molecular flexibility index (Phi) is 6.75. The molecule has 0 aromatic heterocycles. The maximum absolute atomic E-state index is 12.3. The summed E-state index contributed by atoms with van der Waals surface area (Å²) < 4.78 is 11.4. The molecule has 27 heavy (non-hydrogen) atoms. The Morgan fingerprint density at radius 2 is 1.74 bits per heavy atom. The van der Waals surface area contributed by atoms with E-state index in [2.05, 4.69) is 15.9 Å². The average molecular weight is 462 g/mol. The van der Waals surface area contributed by atoms with Crippen LogP contribution in [-0.4, -0.2) is 54.8 Å². The Bertz CT molecular complexity index is 741. The van der Waals surface area contributed by atoms with Crippen molar-refractivity contribution in [1.82, 2.24) is 9.80 Å². The van der Waals surface area contributed by atoms with Gasteiger partial charge in [0.2, 0.25) is 5.88 Å². The van der Waals surface area contributed by atoms with E-state index >= 15 is 0 Å². The van der Waals surface area contributed by atoms with Gasteiger partial charge in [-0.15, -0.1) is 0 Å². The number of hydrogen-bond acceptors (Lipinski definition) is 6. The molecular formula is C18H26BrClN4O3. The molecule has 1 amide bonds. The highest BCUT2D eigenvalue weighted by atomic mass is 79.9. The van der Waals surface area contributed by atoms with Crippen LogP contribution in [0.25, 0.3) is 5.70 Å². The van der Waals surface area contributed by atoms with Gasteiger partial charge in [-0.3, -0.25) is 0 Å². The smallest absolute Gasteiger partial charge is 0.410 e. The SMILES string of the molecule is CO/C(N)=C(/c1cc(Cl)c(Br)cc1N)N1CCN(C(=O)OC(C)(C)C)CC1. The number of anilines is 1. The van der Waals surface area contributed by atoms with E-state index < -0.39 is 5.60 Å². The van der Waals surface area contributed by atoms with Gasteiger partial charge in [0, 0.05) is 41.9 Å². The molecule has 7 nitrogen and oxygen atoms in total. The average Bonchev–Trinajstić information content (AvgIpc) is 2.58. The van der Waals surface area contributed by atoms with Crippen molar-refractivity contribution in [2.75, 3.05) is 39.0 Å². The summed E-state index contributed by atoms with van der Waals surface area (Å²) in [5, 5.41) is 0.521. The number of amides is 1. The number of nitrogens with zero attached hydrogens (tertiary/aromatic N) is 2. The van der Waals surface area contributed by atoms with E-state index in [9.17, 15) is 4.79 Å². The standard InChI is InChI=1S/C18H26BrClN4O3/c1-18(2,3)27-17(25)24-7-5-23(6-8-24)15(16(22)26-4)11-9-13(20)12(19)10-14(11)21/h9-10H,5-8,21-22H2,1-4H3/b16-15-. The van der Waals surface area contributed by atoms with Gasteiger partial charge < -0.3 is 30.7 Å². The first kappa shape index (κ1) is 21.5. The topological polar surface area (TPSA) is 94.0 Å². The number of nitrogens with two attached hydrogens (primary N) is 2. The highest BCUT2D eigenvalue weighted by Crippen LogP contribution is 2.34. The molecule has 0 atom stereocenters. The minimum Gasteiger partial charge on any atom is -0.481 e.